The second-order valence-corrected chi connectivity index (χ2v) is 4.51. The lowest BCUT2D eigenvalue weighted by Crippen LogP contribution is -2.20. The van der Waals surface area contributed by atoms with Gasteiger partial charge in [0.05, 0.1) is 0 Å². The first kappa shape index (κ1) is 11.7. The summed E-state index contributed by atoms with van der Waals surface area (Å²) < 4.78 is 0. The Morgan fingerprint density at radius 3 is 2.64 bits per heavy atom. The predicted molar refractivity (Wildman–Crippen MR) is 65.0 cm³/mol. The van der Waals surface area contributed by atoms with Crippen molar-refractivity contribution in [1.29, 1.82) is 0 Å². The highest BCUT2D eigenvalue weighted by molar-refractivity contribution is 7.08. The zero-order chi connectivity index (χ0) is 10.4. The van der Waals surface area contributed by atoms with Crippen LogP contribution in [0.3, 0.4) is 0 Å². The van der Waals surface area contributed by atoms with Gasteiger partial charge >= 0.3 is 0 Å². The average Bonchev–Trinajstić information content (AvgIpc) is 2.59. The van der Waals surface area contributed by atoms with E-state index in [2.05, 4.69) is 36.8 Å². The fourth-order valence-electron chi connectivity index (χ4n) is 1.75. The molecule has 0 bridgehead atoms. The van der Waals surface area contributed by atoms with Crippen molar-refractivity contribution in [3.05, 3.63) is 21.9 Å². The number of hydrogen-bond donors (Lipinski definition) is 1. The van der Waals surface area contributed by atoms with E-state index >= 15 is 0 Å². The molecule has 0 fully saturated rings. The molecule has 0 amide bonds. The summed E-state index contributed by atoms with van der Waals surface area (Å²) in [5.41, 5.74) is 2.95. The van der Waals surface area contributed by atoms with Crippen molar-refractivity contribution in [2.24, 2.45) is 0 Å². The minimum atomic E-state index is 0.575. The molecule has 0 spiro atoms. The lowest BCUT2D eigenvalue weighted by Gasteiger charge is -2.17. The third-order valence-corrected chi connectivity index (χ3v) is 3.45. The third kappa shape index (κ3) is 3.10. The van der Waals surface area contributed by atoms with Gasteiger partial charge in [0.2, 0.25) is 0 Å². The molecular formula is C12H21NS. The van der Waals surface area contributed by atoms with Crippen molar-refractivity contribution in [3.63, 3.8) is 0 Å². The Morgan fingerprint density at radius 2 is 2.14 bits per heavy atom. The van der Waals surface area contributed by atoms with Gasteiger partial charge in [-0.3, -0.25) is 0 Å². The SMILES string of the molecule is CCCCC(NCC)c1cscc1C. The van der Waals surface area contributed by atoms with Crippen molar-refractivity contribution in [1.82, 2.24) is 5.32 Å². The molecule has 1 N–H and O–H groups in total. The van der Waals surface area contributed by atoms with E-state index in [-0.39, 0.29) is 0 Å². The van der Waals surface area contributed by atoms with E-state index in [1.807, 2.05) is 11.3 Å². The quantitative estimate of drug-likeness (QED) is 0.752. The first-order valence-corrected chi connectivity index (χ1v) is 6.49. The fraction of sp³-hybridized carbons (Fsp3) is 0.667. The zero-order valence-electron chi connectivity index (χ0n) is 9.47. The fourth-order valence-corrected chi connectivity index (χ4v) is 2.65. The van der Waals surface area contributed by atoms with Crippen LogP contribution >= 0.6 is 11.3 Å². The summed E-state index contributed by atoms with van der Waals surface area (Å²) >= 11 is 1.81. The highest BCUT2D eigenvalue weighted by Gasteiger charge is 2.12. The molecule has 0 aromatic carbocycles. The van der Waals surface area contributed by atoms with Gasteiger partial charge < -0.3 is 5.32 Å². The maximum Gasteiger partial charge on any atom is 0.0331 e. The van der Waals surface area contributed by atoms with Crippen LogP contribution in [0.2, 0.25) is 0 Å². The Hall–Kier alpha value is -0.340. The Labute approximate surface area is 91.5 Å². The summed E-state index contributed by atoms with van der Waals surface area (Å²) in [5.74, 6) is 0. The van der Waals surface area contributed by atoms with Crippen LogP contribution in [0.25, 0.3) is 0 Å². The molecule has 1 aromatic heterocycles. The van der Waals surface area contributed by atoms with Crippen LogP contribution < -0.4 is 5.32 Å². The van der Waals surface area contributed by atoms with Gasteiger partial charge in [0.15, 0.2) is 0 Å². The second kappa shape index (κ2) is 6.20. The number of hydrogen-bond acceptors (Lipinski definition) is 2. The van der Waals surface area contributed by atoms with E-state index in [4.69, 9.17) is 0 Å². The highest BCUT2D eigenvalue weighted by Crippen LogP contribution is 2.25. The molecule has 14 heavy (non-hydrogen) atoms. The Morgan fingerprint density at radius 1 is 1.36 bits per heavy atom. The topological polar surface area (TPSA) is 12.0 Å². The normalized spacial score (nSPS) is 13.1. The van der Waals surface area contributed by atoms with E-state index in [9.17, 15) is 0 Å². The van der Waals surface area contributed by atoms with Crippen LogP contribution in [0.4, 0.5) is 0 Å². The van der Waals surface area contributed by atoms with Gasteiger partial charge in [0.25, 0.3) is 0 Å². The molecule has 0 saturated carbocycles. The number of rotatable bonds is 6. The monoisotopic (exact) mass is 211 g/mol. The largest absolute Gasteiger partial charge is 0.310 e. The van der Waals surface area contributed by atoms with E-state index < -0.39 is 0 Å². The van der Waals surface area contributed by atoms with Gasteiger partial charge in [0.1, 0.15) is 0 Å². The number of unbranched alkanes of at least 4 members (excludes halogenated alkanes) is 1. The van der Waals surface area contributed by atoms with Gasteiger partial charge in [-0.2, -0.15) is 11.3 Å². The summed E-state index contributed by atoms with van der Waals surface area (Å²) in [6.45, 7) is 7.70. The summed E-state index contributed by atoms with van der Waals surface area (Å²) in [5, 5.41) is 8.10. The first-order valence-electron chi connectivity index (χ1n) is 5.55. The van der Waals surface area contributed by atoms with Gasteiger partial charge in [-0.05, 0) is 41.8 Å². The van der Waals surface area contributed by atoms with Gasteiger partial charge in [0, 0.05) is 6.04 Å². The molecule has 0 aliphatic carbocycles. The minimum absolute atomic E-state index is 0.575. The molecule has 0 aliphatic heterocycles. The molecule has 1 rings (SSSR count). The Balaban J connectivity index is 2.62. The van der Waals surface area contributed by atoms with Crippen LogP contribution in [0.5, 0.6) is 0 Å². The summed E-state index contributed by atoms with van der Waals surface area (Å²) in [7, 11) is 0. The van der Waals surface area contributed by atoms with Gasteiger partial charge in [-0.15, -0.1) is 0 Å². The summed E-state index contributed by atoms with van der Waals surface area (Å²) in [6.07, 6.45) is 3.86. The molecule has 80 valence electrons. The average molecular weight is 211 g/mol. The standard InChI is InChI=1S/C12H21NS/c1-4-6-7-12(13-5-2)11-9-14-8-10(11)3/h8-9,12-13H,4-7H2,1-3H3. The van der Waals surface area contributed by atoms with Crippen molar-refractivity contribution < 1.29 is 0 Å². The van der Waals surface area contributed by atoms with Gasteiger partial charge in [-0.25, -0.2) is 0 Å². The molecule has 1 aromatic rings. The van der Waals surface area contributed by atoms with E-state index in [1.165, 1.54) is 30.4 Å². The minimum Gasteiger partial charge on any atom is -0.310 e. The molecule has 0 aliphatic rings. The van der Waals surface area contributed by atoms with Crippen LogP contribution in [0.15, 0.2) is 10.8 Å². The van der Waals surface area contributed by atoms with Crippen LogP contribution in [0, 0.1) is 6.92 Å². The molecule has 1 heterocycles. The third-order valence-electron chi connectivity index (χ3n) is 2.57. The lowest BCUT2D eigenvalue weighted by atomic mass is 10.0. The van der Waals surface area contributed by atoms with Crippen molar-refractivity contribution in [2.45, 2.75) is 46.1 Å². The van der Waals surface area contributed by atoms with E-state index in [1.54, 1.807) is 0 Å². The van der Waals surface area contributed by atoms with Crippen molar-refractivity contribution >= 4 is 11.3 Å². The van der Waals surface area contributed by atoms with Crippen molar-refractivity contribution in [3.8, 4) is 0 Å². The van der Waals surface area contributed by atoms with Crippen LogP contribution in [-0.2, 0) is 0 Å². The van der Waals surface area contributed by atoms with E-state index in [0.717, 1.165) is 6.54 Å². The Kier molecular flexibility index (Phi) is 5.20. The summed E-state index contributed by atoms with van der Waals surface area (Å²) in [4.78, 5) is 0. The van der Waals surface area contributed by atoms with Crippen LogP contribution in [0.1, 0.15) is 50.3 Å². The molecule has 0 saturated heterocycles. The molecule has 1 nitrogen and oxygen atoms in total. The number of nitrogens with one attached hydrogen (secondary N) is 1. The molecular weight excluding hydrogens is 190 g/mol. The van der Waals surface area contributed by atoms with Gasteiger partial charge in [-0.1, -0.05) is 26.7 Å². The number of thiophene rings is 1. The highest BCUT2D eigenvalue weighted by atomic mass is 32.1. The maximum absolute atomic E-state index is 3.57. The number of aryl methyl sites for hydroxylation is 1. The first-order chi connectivity index (χ1) is 6.79. The predicted octanol–water partition coefficient (Wildman–Crippen LogP) is 3.90. The van der Waals surface area contributed by atoms with E-state index in [0.29, 0.717) is 6.04 Å². The summed E-state index contributed by atoms with van der Waals surface area (Å²) in [6, 6.07) is 0.575. The lowest BCUT2D eigenvalue weighted by molar-refractivity contribution is 0.494. The maximum atomic E-state index is 3.57. The Bertz CT molecular complexity index is 255. The second-order valence-electron chi connectivity index (χ2n) is 3.76. The van der Waals surface area contributed by atoms with Crippen molar-refractivity contribution in [2.75, 3.05) is 6.54 Å². The molecule has 1 atom stereocenters. The molecule has 2 heteroatoms. The zero-order valence-corrected chi connectivity index (χ0v) is 10.3. The smallest absolute Gasteiger partial charge is 0.0331 e. The van der Waals surface area contributed by atoms with Crippen LogP contribution in [-0.4, -0.2) is 6.54 Å². The molecule has 0 radical (unpaired) electrons. The molecule has 1 unspecified atom stereocenters.